The molecule has 0 atom stereocenters. The minimum absolute atomic E-state index is 0.312. The summed E-state index contributed by atoms with van der Waals surface area (Å²) in [6.45, 7) is 2.38. The molecule has 0 radical (unpaired) electrons. The molecule has 3 rings (SSSR count). The second-order valence-electron chi connectivity index (χ2n) is 5.46. The molecular weight excluding hydrogens is 272 g/mol. The molecular formula is C17H17F2NO. The highest BCUT2D eigenvalue weighted by molar-refractivity contribution is 5.39. The van der Waals surface area contributed by atoms with Gasteiger partial charge in [-0.25, -0.2) is 8.78 Å². The van der Waals surface area contributed by atoms with E-state index in [1.807, 2.05) is 0 Å². The van der Waals surface area contributed by atoms with Gasteiger partial charge >= 0.3 is 0 Å². The number of nitrogens with one attached hydrogen (secondary N) is 1. The highest BCUT2D eigenvalue weighted by Gasteiger charge is 2.20. The van der Waals surface area contributed by atoms with Crippen molar-refractivity contribution in [2.24, 2.45) is 0 Å². The van der Waals surface area contributed by atoms with E-state index in [0.717, 1.165) is 5.56 Å². The standard InChI is InChI=1S/C17H17F2NO/c1-11-6-13(18)2-5-17(11)21-16-8-12(7-14(19)9-16)10-20-15-3-4-15/h2,5-9,15,20H,3-4,10H2,1H3. The Morgan fingerprint density at radius 2 is 1.90 bits per heavy atom. The first-order valence-electron chi connectivity index (χ1n) is 7.07. The van der Waals surface area contributed by atoms with Gasteiger partial charge in [0.25, 0.3) is 0 Å². The molecule has 1 aliphatic rings. The topological polar surface area (TPSA) is 21.3 Å². The van der Waals surface area contributed by atoms with Crippen LogP contribution in [0.2, 0.25) is 0 Å². The van der Waals surface area contributed by atoms with E-state index < -0.39 is 0 Å². The Hall–Kier alpha value is -1.94. The van der Waals surface area contributed by atoms with E-state index in [1.165, 1.54) is 37.1 Å². The smallest absolute Gasteiger partial charge is 0.130 e. The van der Waals surface area contributed by atoms with Crippen molar-refractivity contribution in [3.8, 4) is 11.5 Å². The molecule has 1 N–H and O–H groups in total. The van der Waals surface area contributed by atoms with Gasteiger partial charge in [0.2, 0.25) is 0 Å². The molecule has 0 aromatic heterocycles. The minimum atomic E-state index is -0.333. The average Bonchev–Trinajstić information content (AvgIpc) is 3.23. The Balaban J connectivity index is 1.77. The fraction of sp³-hybridized carbons (Fsp3) is 0.294. The summed E-state index contributed by atoms with van der Waals surface area (Å²) >= 11 is 0. The van der Waals surface area contributed by atoms with Crippen LogP contribution >= 0.6 is 0 Å². The molecule has 0 unspecified atom stereocenters. The molecule has 110 valence electrons. The van der Waals surface area contributed by atoms with E-state index >= 15 is 0 Å². The molecule has 0 amide bonds. The second-order valence-corrected chi connectivity index (χ2v) is 5.46. The van der Waals surface area contributed by atoms with Crippen molar-refractivity contribution >= 4 is 0 Å². The fourth-order valence-corrected chi connectivity index (χ4v) is 2.19. The Kier molecular flexibility index (Phi) is 3.88. The lowest BCUT2D eigenvalue weighted by Crippen LogP contribution is -2.15. The fourth-order valence-electron chi connectivity index (χ4n) is 2.19. The van der Waals surface area contributed by atoms with Gasteiger partial charge in [0.1, 0.15) is 23.1 Å². The largest absolute Gasteiger partial charge is 0.457 e. The van der Waals surface area contributed by atoms with Crippen LogP contribution in [0.5, 0.6) is 11.5 Å². The van der Waals surface area contributed by atoms with Gasteiger partial charge in [-0.2, -0.15) is 0 Å². The van der Waals surface area contributed by atoms with E-state index in [-0.39, 0.29) is 11.6 Å². The van der Waals surface area contributed by atoms with Crippen LogP contribution in [0.4, 0.5) is 8.78 Å². The summed E-state index contributed by atoms with van der Waals surface area (Å²) in [4.78, 5) is 0. The lowest BCUT2D eigenvalue weighted by Gasteiger charge is -2.11. The molecule has 2 aromatic rings. The molecule has 0 bridgehead atoms. The molecule has 21 heavy (non-hydrogen) atoms. The number of rotatable bonds is 5. The van der Waals surface area contributed by atoms with Gasteiger partial charge in [0, 0.05) is 18.7 Å². The normalized spacial score (nSPS) is 14.2. The van der Waals surface area contributed by atoms with E-state index in [1.54, 1.807) is 19.1 Å². The van der Waals surface area contributed by atoms with Crippen LogP contribution in [-0.2, 0) is 6.54 Å². The zero-order valence-corrected chi connectivity index (χ0v) is 11.8. The highest BCUT2D eigenvalue weighted by atomic mass is 19.1. The van der Waals surface area contributed by atoms with Crippen LogP contribution < -0.4 is 10.1 Å². The Morgan fingerprint density at radius 3 is 2.62 bits per heavy atom. The molecule has 0 spiro atoms. The van der Waals surface area contributed by atoms with E-state index in [9.17, 15) is 8.78 Å². The number of benzene rings is 2. The van der Waals surface area contributed by atoms with Gasteiger partial charge in [0.15, 0.2) is 0 Å². The lowest BCUT2D eigenvalue weighted by molar-refractivity contribution is 0.469. The molecule has 0 aliphatic heterocycles. The van der Waals surface area contributed by atoms with Crippen molar-refractivity contribution in [3.63, 3.8) is 0 Å². The summed E-state index contributed by atoms with van der Waals surface area (Å²) in [6.07, 6.45) is 2.38. The first-order valence-corrected chi connectivity index (χ1v) is 7.07. The summed E-state index contributed by atoms with van der Waals surface area (Å²) in [5.74, 6) is 0.314. The maximum Gasteiger partial charge on any atom is 0.130 e. The predicted octanol–water partition coefficient (Wildman–Crippen LogP) is 4.32. The zero-order chi connectivity index (χ0) is 14.8. The average molecular weight is 289 g/mol. The van der Waals surface area contributed by atoms with Gasteiger partial charge in [-0.3, -0.25) is 0 Å². The van der Waals surface area contributed by atoms with Crippen LogP contribution in [-0.4, -0.2) is 6.04 Å². The summed E-state index contributed by atoms with van der Waals surface area (Å²) in [7, 11) is 0. The predicted molar refractivity (Wildman–Crippen MR) is 77.5 cm³/mol. The van der Waals surface area contributed by atoms with E-state index in [2.05, 4.69) is 5.32 Å². The minimum Gasteiger partial charge on any atom is -0.457 e. The first kappa shape index (κ1) is 14.0. The summed E-state index contributed by atoms with van der Waals surface area (Å²) in [5.41, 5.74) is 1.52. The summed E-state index contributed by atoms with van der Waals surface area (Å²) < 4.78 is 32.4. The quantitative estimate of drug-likeness (QED) is 0.885. The number of ether oxygens (including phenoxy) is 1. The van der Waals surface area contributed by atoms with Crippen LogP contribution in [0.15, 0.2) is 36.4 Å². The number of hydrogen-bond acceptors (Lipinski definition) is 2. The van der Waals surface area contributed by atoms with Crippen molar-refractivity contribution in [2.75, 3.05) is 0 Å². The van der Waals surface area contributed by atoms with Crippen molar-refractivity contribution in [3.05, 3.63) is 59.2 Å². The van der Waals surface area contributed by atoms with Crippen LogP contribution in [0, 0.1) is 18.6 Å². The molecule has 0 heterocycles. The van der Waals surface area contributed by atoms with Gasteiger partial charge in [-0.1, -0.05) is 0 Å². The van der Waals surface area contributed by atoms with Crippen molar-refractivity contribution in [1.29, 1.82) is 0 Å². The maximum absolute atomic E-state index is 13.7. The Morgan fingerprint density at radius 1 is 1.10 bits per heavy atom. The van der Waals surface area contributed by atoms with Gasteiger partial charge in [-0.15, -0.1) is 0 Å². The van der Waals surface area contributed by atoms with Crippen molar-refractivity contribution in [2.45, 2.75) is 32.4 Å². The molecule has 4 heteroatoms. The lowest BCUT2D eigenvalue weighted by atomic mass is 10.2. The van der Waals surface area contributed by atoms with Gasteiger partial charge in [0.05, 0.1) is 0 Å². The van der Waals surface area contributed by atoms with E-state index in [0.29, 0.717) is 29.6 Å². The Bertz CT molecular complexity index is 653. The van der Waals surface area contributed by atoms with Crippen molar-refractivity contribution < 1.29 is 13.5 Å². The zero-order valence-electron chi connectivity index (χ0n) is 11.8. The highest BCUT2D eigenvalue weighted by Crippen LogP contribution is 2.27. The molecule has 0 saturated heterocycles. The number of hydrogen-bond donors (Lipinski definition) is 1. The maximum atomic E-state index is 13.7. The first-order chi connectivity index (χ1) is 10.1. The monoisotopic (exact) mass is 289 g/mol. The van der Waals surface area contributed by atoms with Gasteiger partial charge in [-0.05, 0) is 61.2 Å². The third kappa shape index (κ3) is 3.79. The summed E-state index contributed by atoms with van der Waals surface area (Å²) in [6, 6.07) is 9.49. The van der Waals surface area contributed by atoms with Crippen LogP contribution in [0.1, 0.15) is 24.0 Å². The number of halogens is 2. The molecule has 2 nitrogen and oxygen atoms in total. The molecule has 1 aliphatic carbocycles. The third-order valence-electron chi connectivity index (χ3n) is 3.47. The van der Waals surface area contributed by atoms with Gasteiger partial charge < -0.3 is 10.1 Å². The third-order valence-corrected chi connectivity index (χ3v) is 3.47. The molecule has 1 saturated carbocycles. The SMILES string of the molecule is Cc1cc(F)ccc1Oc1cc(F)cc(CNC2CC2)c1. The Labute approximate surface area is 122 Å². The second kappa shape index (κ2) is 5.82. The van der Waals surface area contributed by atoms with E-state index in [4.69, 9.17) is 4.74 Å². The van der Waals surface area contributed by atoms with Crippen molar-refractivity contribution in [1.82, 2.24) is 5.32 Å². The molecule has 2 aromatic carbocycles. The molecule has 1 fully saturated rings. The summed E-state index contributed by atoms with van der Waals surface area (Å²) in [5, 5.41) is 3.34. The van der Waals surface area contributed by atoms with Crippen LogP contribution in [0.25, 0.3) is 0 Å². The van der Waals surface area contributed by atoms with Crippen LogP contribution in [0.3, 0.4) is 0 Å². The number of aryl methyl sites for hydroxylation is 1.